The summed E-state index contributed by atoms with van der Waals surface area (Å²) in [5, 5.41) is 0. The highest BCUT2D eigenvalue weighted by Crippen LogP contribution is 2.27. The molecule has 0 amide bonds. The summed E-state index contributed by atoms with van der Waals surface area (Å²) in [4.78, 5) is 8.35. The Morgan fingerprint density at radius 2 is 2.07 bits per heavy atom. The highest BCUT2D eigenvalue weighted by atomic mass is 15.1. The van der Waals surface area contributed by atoms with E-state index in [0.717, 1.165) is 11.3 Å². The van der Waals surface area contributed by atoms with Crippen molar-refractivity contribution in [2.75, 3.05) is 5.73 Å². The molecule has 2 heterocycles. The van der Waals surface area contributed by atoms with Crippen LogP contribution in [0.25, 0.3) is 5.65 Å². The Balaban J connectivity index is 2.81. The third kappa shape index (κ3) is 1.23. The standard InChI is InChI=1S/C10H14N4/c1-10(2,3)8-9(11)13-7-4-5-12-6-14(7)8/h4-6H,11H2,1-3H3. The minimum absolute atomic E-state index is 0.0213. The van der Waals surface area contributed by atoms with Crippen LogP contribution in [0.1, 0.15) is 26.5 Å². The number of nitrogen functional groups attached to an aromatic ring is 1. The minimum Gasteiger partial charge on any atom is -0.382 e. The zero-order valence-corrected chi connectivity index (χ0v) is 8.65. The van der Waals surface area contributed by atoms with Crippen LogP contribution in [0.15, 0.2) is 18.6 Å². The third-order valence-electron chi connectivity index (χ3n) is 2.17. The van der Waals surface area contributed by atoms with Crippen LogP contribution in [-0.4, -0.2) is 14.4 Å². The van der Waals surface area contributed by atoms with E-state index in [1.807, 2.05) is 10.5 Å². The third-order valence-corrected chi connectivity index (χ3v) is 2.17. The summed E-state index contributed by atoms with van der Waals surface area (Å²) < 4.78 is 1.94. The number of rotatable bonds is 0. The van der Waals surface area contributed by atoms with E-state index in [1.165, 1.54) is 0 Å². The number of hydrogen-bond donors (Lipinski definition) is 1. The number of anilines is 1. The molecule has 0 aliphatic heterocycles. The van der Waals surface area contributed by atoms with Crippen molar-refractivity contribution in [3.05, 3.63) is 24.3 Å². The van der Waals surface area contributed by atoms with Gasteiger partial charge in [-0.15, -0.1) is 0 Å². The molecule has 0 fully saturated rings. The number of fused-ring (bicyclic) bond motifs is 1. The fraction of sp³-hybridized carbons (Fsp3) is 0.400. The Morgan fingerprint density at radius 1 is 1.36 bits per heavy atom. The highest BCUT2D eigenvalue weighted by Gasteiger charge is 2.22. The van der Waals surface area contributed by atoms with Gasteiger partial charge >= 0.3 is 0 Å². The first-order valence-corrected chi connectivity index (χ1v) is 4.58. The lowest BCUT2D eigenvalue weighted by molar-refractivity contribution is 0.565. The van der Waals surface area contributed by atoms with E-state index in [1.54, 1.807) is 12.5 Å². The molecule has 2 aromatic heterocycles. The van der Waals surface area contributed by atoms with Crippen LogP contribution in [0.2, 0.25) is 0 Å². The molecular weight excluding hydrogens is 176 g/mol. The summed E-state index contributed by atoms with van der Waals surface area (Å²) in [5.74, 6) is 0.588. The Labute approximate surface area is 82.8 Å². The maximum atomic E-state index is 5.88. The monoisotopic (exact) mass is 190 g/mol. The molecule has 0 aromatic carbocycles. The number of nitrogens with zero attached hydrogens (tertiary/aromatic N) is 3. The van der Waals surface area contributed by atoms with E-state index >= 15 is 0 Å². The minimum atomic E-state index is -0.0213. The van der Waals surface area contributed by atoms with E-state index in [0.29, 0.717) is 5.82 Å². The van der Waals surface area contributed by atoms with Crippen molar-refractivity contribution >= 4 is 11.5 Å². The van der Waals surface area contributed by atoms with Crippen molar-refractivity contribution in [2.24, 2.45) is 0 Å². The lowest BCUT2D eigenvalue weighted by atomic mass is 9.92. The predicted octanol–water partition coefficient (Wildman–Crippen LogP) is 1.61. The normalized spacial score (nSPS) is 12.2. The molecule has 0 aliphatic rings. The van der Waals surface area contributed by atoms with Crippen molar-refractivity contribution in [1.82, 2.24) is 14.4 Å². The Morgan fingerprint density at radius 3 is 2.71 bits per heavy atom. The van der Waals surface area contributed by atoms with Gasteiger partial charge in [0.15, 0.2) is 0 Å². The second-order valence-corrected chi connectivity index (χ2v) is 4.40. The average molecular weight is 190 g/mol. The summed E-state index contributed by atoms with van der Waals surface area (Å²) in [5.41, 5.74) is 7.72. The fourth-order valence-electron chi connectivity index (χ4n) is 1.66. The molecule has 0 atom stereocenters. The van der Waals surface area contributed by atoms with E-state index < -0.39 is 0 Å². The first kappa shape index (κ1) is 8.99. The van der Waals surface area contributed by atoms with Crippen LogP contribution in [-0.2, 0) is 5.41 Å². The molecule has 0 aliphatic carbocycles. The van der Waals surface area contributed by atoms with Crippen molar-refractivity contribution in [1.29, 1.82) is 0 Å². The predicted molar refractivity (Wildman–Crippen MR) is 56.1 cm³/mol. The molecule has 4 heteroatoms. The van der Waals surface area contributed by atoms with Crippen LogP contribution in [0.4, 0.5) is 5.82 Å². The number of aromatic nitrogens is 3. The first-order valence-electron chi connectivity index (χ1n) is 4.58. The second-order valence-electron chi connectivity index (χ2n) is 4.40. The molecule has 0 radical (unpaired) electrons. The van der Waals surface area contributed by atoms with Crippen molar-refractivity contribution in [2.45, 2.75) is 26.2 Å². The molecule has 4 nitrogen and oxygen atoms in total. The Kier molecular flexibility index (Phi) is 1.74. The highest BCUT2D eigenvalue weighted by molar-refractivity contribution is 5.53. The molecule has 0 bridgehead atoms. The Hall–Kier alpha value is -1.58. The van der Waals surface area contributed by atoms with Crippen LogP contribution >= 0.6 is 0 Å². The molecule has 14 heavy (non-hydrogen) atoms. The van der Waals surface area contributed by atoms with Crippen molar-refractivity contribution in [3.63, 3.8) is 0 Å². The first-order chi connectivity index (χ1) is 6.50. The molecule has 0 saturated carbocycles. The zero-order chi connectivity index (χ0) is 10.3. The molecule has 2 rings (SSSR count). The van der Waals surface area contributed by atoms with Gasteiger partial charge in [-0.05, 0) is 6.07 Å². The van der Waals surface area contributed by atoms with Crippen molar-refractivity contribution in [3.8, 4) is 0 Å². The topological polar surface area (TPSA) is 56.2 Å². The SMILES string of the molecule is CC(C)(C)c1c(N)nc2ccncn12. The summed E-state index contributed by atoms with van der Waals surface area (Å²) in [6, 6.07) is 1.85. The van der Waals surface area contributed by atoms with Gasteiger partial charge in [0.1, 0.15) is 17.8 Å². The number of imidazole rings is 1. The largest absolute Gasteiger partial charge is 0.382 e. The van der Waals surface area contributed by atoms with Gasteiger partial charge in [-0.25, -0.2) is 9.97 Å². The van der Waals surface area contributed by atoms with Crippen LogP contribution < -0.4 is 5.73 Å². The Bertz CT molecular complexity index is 464. The van der Waals surface area contributed by atoms with Crippen LogP contribution in [0, 0.1) is 0 Å². The summed E-state index contributed by atoms with van der Waals surface area (Å²) in [6.07, 6.45) is 3.47. The van der Waals surface area contributed by atoms with Crippen LogP contribution in [0.5, 0.6) is 0 Å². The molecule has 0 spiro atoms. The van der Waals surface area contributed by atoms with Crippen LogP contribution in [0.3, 0.4) is 0 Å². The van der Waals surface area contributed by atoms with E-state index in [4.69, 9.17) is 5.73 Å². The van der Waals surface area contributed by atoms with Gasteiger partial charge in [0.05, 0.1) is 5.69 Å². The second kappa shape index (κ2) is 2.70. The van der Waals surface area contributed by atoms with Gasteiger partial charge in [0.25, 0.3) is 0 Å². The zero-order valence-electron chi connectivity index (χ0n) is 8.65. The van der Waals surface area contributed by atoms with Gasteiger partial charge in [0.2, 0.25) is 0 Å². The molecule has 0 saturated heterocycles. The molecule has 2 N–H and O–H groups in total. The molecular formula is C10H14N4. The summed E-state index contributed by atoms with van der Waals surface area (Å²) in [7, 11) is 0. The summed E-state index contributed by atoms with van der Waals surface area (Å²) in [6.45, 7) is 6.33. The van der Waals surface area contributed by atoms with Crippen molar-refractivity contribution < 1.29 is 0 Å². The summed E-state index contributed by atoms with van der Waals surface area (Å²) >= 11 is 0. The smallest absolute Gasteiger partial charge is 0.146 e. The van der Waals surface area contributed by atoms with Gasteiger partial charge in [-0.1, -0.05) is 20.8 Å². The molecule has 0 unspecified atom stereocenters. The number of hydrogen-bond acceptors (Lipinski definition) is 3. The van der Waals surface area contributed by atoms with E-state index in [-0.39, 0.29) is 5.41 Å². The lowest BCUT2D eigenvalue weighted by Crippen LogP contribution is -2.16. The lowest BCUT2D eigenvalue weighted by Gasteiger charge is -2.18. The van der Waals surface area contributed by atoms with E-state index in [2.05, 4.69) is 30.7 Å². The van der Waals surface area contributed by atoms with Gasteiger partial charge < -0.3 is 5.73 Å². The molecule has 2 aromatic rings. The average Bonchev–Trinajstić information content (AvgIpc) is 2.38. The quantitative estimate of drug-likeness (QED) is 0.686. The van der Waals surface area contributed by atoms with Gasteiger partial charge in [-0.3, -0.25) is 4.40 Å². The molecule has 74 valence electrons. The van der Waals surface area contributed by atoms with E-state index in [9.17, 15) is 0 Å². The maximum absolute atomic E-state index is 5.88. The maximum Gasteiger partial charge on any atom is 0.146 e. The van der Waals surface area contributed by atoms with Gasteiger partial charge in [0, 0.05) is 11.6 Å². The fourth-order valence-corrected chi connectivity index (χ4v) is 1.66. The number of nitrogens with two attached hydrogens (primary N) is 1. The van der Waals surface area contributed by atoms with Gasteiger partial charge in [-0.2, -0.15) is 0 Å².